The Morgan fingerprint density at radius 3 is 2.62 bits per heavy atom. The van der Waals surface area contributed by atoms with Crippen LogP contribution in [0.4, 0.5) is 5.69 Å². The van der Waals surface area contributed by atoms with Gasteiger partial charge in [0.2, 0.25) is 5.91 Å². The van der Waals surface area contributed by atoms with E-state index in [1.807, 2.05) is 30.5 Å². The van der Waals surface area contributed by atoms with Crippen molar-refractivity contribution in [3.63, 3.8) is 0 Å². The number of aromatic amines is 1. The highest BCUT2D eigenvalue weighted by Crippen LogP contribution is 2.18. The first-order chi connectivity index (χ1) is 10.3. The highest BCUT2D eigenvalue weighted by atomic mass is 16.3. The smallest absolute Gasteiger partial charge is 0.228 e. The summed E-state index contributed by atoms with van der Waals surface area (Å²) in [5, 5.41) is 12.9. The number of anilines is 1. The fraction of sp³-hybridized carbons (Fsp3) is 0.118. The lowest BCUT2D eigenvalue weighted by Crippen LogP contribution is -2.14. The number of fused-ring (bicyclic) bond motifs is 1. The third kappa shape index (κ3) is 2.95. The number of hydrogen-bond acceptors (Lipinski definition) is 2. The van der Waals surface area contributed by atoms with Gasteiger partial charge in [-0.25, -0.2) is 0 Å². The van der Waals surface area contributed by atoms with E-state index < -0.39 is 0 Å². The molecule has 0 aliphatic carbocycles. The van der Waals surface area contributed by atoms with E-state index in [1.54, 1.807) is 24.3 Å². The van der Waals surface area contributed by atoms with Crippen molar-refractivity contribution in [3.05, 3.63) is 65.9 Å². The molecule has 3 N–H and O–H groups in total. The topological polar surface area (TPSA) is 65.1 Å². The normalized spacial score (nSPS) is 10.7. The second-order valence-electron chi connectivity index (χ2n) is 4.94. The van der Waals surface area contributed by atoms with Crippen molar-refractivity contribution < 1.29 is 9.90 Å². The number of nitrogens with one attached hydrogen (secondary N) is 2. The van der Waals surface area contributed by atoms with E-state index in [1.165, 1.54) is 0 Å². The minimum absolute atomic E-state index is 0.00354. The summed E-state index contributed by atoms with van der Waals surface area (Å²) in [6.07, 6.45) is 2.20. The molecule has 2 aromatic carbocycles. The number of aromatic nitrogens is 1. The summed E-state index contributed by atoms with van der Waals surface area (Å²) in [6.45, 7) is 0.00354. The van der Waals surface area contributed by atoms with E-state index in [-0.39, 0.29) is 12.5 Å². The van der Waals surface area contributed by atoms with Gasteiger partial charge >= 0.3 is 0 Å². The van der Waals surface area contributed by atoms with Gasteiger partial charge in [0.1, 0.15) is 0 Å². The number of aliphatic hydroxyl groups is 1. The fourth-order valence-electron chi connectivity index (χ4n) is 2.35. The summed E-state index contributed by atoms with van der Waals surface area (Å²) >= 11 is 0. The van der Waals surface area contributed by atoms with Gasteiger partial charge in [-0.2, -0.15) is 0 Å². The molecule has 1 amide bonds. The number of carbonyl (C=O) groups is 1. The first-order valence-corrected chi connectivity index (χ1v) is 6.81. The largest absolute Gasteiger partial charge is 0.392 e. The summed E-state index contributed by atoms with van der Waals surface area (Å²) < 4.78 is 0. The zero-order chi connectivity index (χ0) is 14.7. The van der Waals surface area contributed by atoms with Gasteiger partial charge < -0.3 is 15.4 Å². The van der Waals surface area contributed by atoms with E-state index in [0.717, 1.165) is 27.7 Å². The molecule has 0 spiro atoms. The van der Waals surface area contributed by atoms with Crippen LogP contribution in [0.25, 0.3) is 10.9 Å². The molecule has 0 unspecified atom stereocenters. The number of para-hydroxylation sites is 1. The summed E-state index contributed by atoms with van der Waals surface area (Å²) in [5.41, 5.74) is 3.57. The van der Waals surface area contributed by atoms with Crippen LogP contribution in [-0.2, 0) is 17.8 Å². The molecule has 1 aromatic heterocycles. The Bertz CT molecular complexity index is 760. The maximum absolute atomic E-state index is 12.1. The number of hydrogen-bond donors (Lipinski definition) is 3. The molecule has 0 fully saturated rings. The van der Waals surface area contributed by atoms with E-state index in [9.17, 15) is 4.79 Å². The van der Waals surface area contributed by atoms with Crippen molar-refractivity contribution in [2.75, 3.05) is 5.32 Å². The van der Waals surface area contributed by atoms with Gasteiger partial charge in [-0.15, -0.1) is 0 Å². The number of carbonyl (C=O) groups excluding carboxylic acids is 1. The van der Waals surface area contributed by atoms with Gasteiger partial charge in [0, 0.05) is 22.8 Å². The quantitative estimate of drug-likeness (QED) is 0.688. The standard InChI is InChI=1S/C17H16N2O2/c20-11-12-5-7-14(8-6-12)19-17(21)9-13-10-18-16-4-2-1-3-15(13)16/h1-8,10,18,20H,9,11H2,(H,19,21). The van der Waals surface area contributed by atoms with Gasteiger partial charge in [0.05, 0.1) is 13.0 Å². The number of aliphatic hydroxyl groups excluding tert-OH is 1. The lowest BCUT2D eigenvalue weighted by Gasteiger charge is -2.05. The minimum atomic E-state index is -0.0588. The second kappa shape index (κ2) is 5.81. The third-order valence-electron chi connectivity index (χ3n) is 3.45. The van der Waals surface area contributed by atoms with Crippen molar-refractivity contribution >= 4 is 22.5 Å². The number of H-pyrrole nitrogens is 1. The van der Waals surface area contributed by atoms with Crippen LogP contribution in [0.2, 0.25) is 0 Å². The van der Waals surface area contributed by atoms with E-state index >= 15 is 0 Å². The Balaban J connectivity index is 1.71. The molecule has 0 aliphatic rings. The average molecular weight is 280 g/mol. The first-order valence-electron chi connectivity index (χ1n) is 6.81. The average Bonchev–Trinajstić information content (AvgIpc) is 2.91. The van der Waals surface area contributed by atoms with Crippen LogP contribution < -0.4 is 5.32 Å². The summed E-state index contributed by atoms with van der Waals surface area (Å²) in [7, 11) is 0. The molecule has 0 atom stereocenters. The van der Waals surface area contributed by atoms with Crippen molar-refractivity contribution in [2.45, 2.75) is 13.0 Å². The van der Waals surface area contributed by atoms with Crippen LogP contribution in [0.1, 0.15) is 11.1 Å². The molecule has 0 saturated carbocycles. The van der Waals surface area contributed by atoms with Crippen LogP contribution >= 0.6 is 0 Å². The van der Waals surface area contributed by atoms with Gasteiger partial charge in [0.25, 0.3) is 0 Å². The maximum atomic E-state index is 12.1. The molecule has 106 valence electrons. The molecule has 21 heavy (non-hydrogen) atoms. The Kier molecular flexibility index (Phi) is 3.71. The minimum Gasteiger partial charge on any atom is -0.392 e. The maximum Gasteiger partial charge on any atom is 0.228 e. The molecule has 3 rings (SSSR count). The fourth-order valence-corrected chi connectivity index (χ4v) is 2.35. The molecule has 0 radical (unpaired) electrons. The molecular formula is C17H16N2O2. The molecule has 0 bridgehead atoms. The zero-order valence-electron chi connectivity index (χ0n) is 11.5. The Morgan fingerprint density at radius 1 is 1.10 bits per heavy atom. The van der Waals surface area contributed by atoms with Gasteiger partial charge in [0.15, 0.2) is 0 Å². The van der Waals surface area contributed by atoms with Crippen molar-refractivity contribution in [1.29, 1.82) is 0 Å². The van der Waals surface area contributed by atoms with Gasteiger partial charge in [-0.05, 0) is 29.3 Å². The van der Waals surface area contributed by atoms with Crippen molar-refractivity contribution in [1.82, 2.24) is 4.98 Å². The van der Waals surface area contributed by atoms with Crippen LogP contribution in [0.5, 0.6) is 0 Å². The Hall–Kier alpha value is -2.59. The molecule has 0 saturated heterocycles. The Labute approximate surface area is 122 Å². The second-order valence-corrected chi connectivity index (χ2v) is 4.94. The predicted octanol–water partition coefficient (Wildman–Crippen LogP) is 2.84. The molecule has 0 aliphatic heterocycles. The third-order valence-corrected chi connectivity index (χ3v) is 3.45. The van der Waals surface area contributed by atoms with Crippen molar-refractivity contribution in [3.8, 4) is 0 Å². The van der Waals surface area contributed by atoms with Gasteiger partial charge in [-0.1, -0.05) is 30.3 Å². The van der Waals surface area contributed by atoms with Crippen molar-refractivity contribution in [2.24, 2.45) is 0 Å². The molecule has 3 aromatic rings. The summed E-state index contributed by atoms with van der Waals surface area (Å²) in [6, 6.07) is 15.1. The molecule has 4 nitrogen and oxygen atoms in total. The van der Waals surface area contributed by atoms with Crippen LogP contribution in [0.3, 0.4) is 0 Å². The van der Waals surface area contributed by atoms with Crippen LogP contribution in [-0.4, -0.2) is 16.0 Å². The Morgan fingerprint density at radius 2 is 1.86 bits per heavy atom. The molecular weight excluding hydrogens is 264 g/mol. The number of amides is 1. The molecule has 4 heteroatoms. The number of benzene rings is 2. The highest BCUT2D eigenvalue weighted by molar-refractivity contribution is 5.95. The summed E-state index contributed by atoms with van der Waals surface area (Å²) in [5.74, 6) is -0.0588. The molecule has 1 heterocycles. The monoisotopic (exact) mass is 280 g/mol. The predicted molar refractivity (Wildman–Crippen MR) is 83.0 cm³/mol. The zero-order valence-corrected chi connectivity index (χ0v) is 11.5. The van der Waals surface area contributed by atoms with Crippen LogP contribution in [0, 0.1) is 0 Å². The lowest BCUT2D eigenvalue weighted by molar-refractivity contribution is -0.115. The highest BCUT2D eigenvalue weighted by Gasteiger charge is 2.08. The lowest BCUT2D eigenvalue weighted by atomic mass is 10.1. The first kappa shape index (κ1) is 13.4. The van der Waals surface area contributed by atoms with E-state index in [2.05, 4.69) is 10.3 Å². The summed E-state index contributed by atoms with van der Waals surface area (Å²) in [4.78, 5) is 15.3. The SMILES string of the molecule is O=C(Cc1c[nH]c2ccccc12)Nc1ccc(CO)cc1. The number of rotatable bonds is 4. The van der Waals surface area contributed by atoms with Gasteiger partial charge in [-0.3, -0.25) is 4.79 Å². The van der Waals surface area contributed by atoms with E-state index in [0.29, 0.717) is 6.42 Å². The van der Waals surface area contributed by atoms with Crippen LogP contribution in [0.15, 0.2) is 54.7 Å². The van der Waals surface area contributed by atoms with E-state index in [4.69, 9.17) is 5.11 Å².